The van der Waals surface area contributed by atoms with Crippen LogP contribution in [0.25, 0.3) is 0 Å². The average Bonchev–Trinajstić information content (AvgIpc) is 2.30. The Kier molecular flexibility index (Phi) is 1.41. The van der Waals surface area contributed by atoms with E-state index in [1.54, 1.807) is 6.07 Å². The van der Waals surface area contributed by atoms with Crippen molar-refractivity contribution in [3.63, 3.8) is 0 Å². The lowest BCUT2D eigenvalue weighted by atomic mass is 10.1. The second kappa shape index (κ2) is 2.29. The van der Waals surface area contributed by atoms with Gasteiger partial charge in [0.2, 0.25) is 6.29 Å². The molecule has 56 valence electrons. The molecule has 0 aliphatic carbocycles. The molecular weight excluding hydrogens is 160 g/mol. The molecule has 0 saturated carbocycles. The third-order valence-corrected chi connectivity index (χ3v) is 1.98. The summed E-state index contributed by atoms with van der Waals surface area (Å²) in [7, 11) is 0. The smallest absolute Gasteiger partial charge is 0.226 e. The summed E-state index contributed by atoms with van der Waals surface area (Å²) in [5.74, 6) is 0. The average molecular weight is 166 g/mol. The molecule has 1 aromatic rings. The highest BCUT2D eigenvalue weighted by Crippen LogP contribution is 2.28. The van der Waals surface area contributed by atoms with E-state index >= 15 is 0 Å². The first-order chi connectivity index (χ1) is 5.29. The van der Waals surface area contributed by atoms with Gasteiger partial charge in [-0.15, -0.1) is 0 Å². The van der Waals surface area contributed by atoms with E-state index in [0.717, 1.165) is 11.1 Å². The van der Waals surface area contributed by atoms with Gasteiger partial charge in [-0.05, 0) is 18.3 Å². The Labute approximate surface area is 69.4 Å². The number of benzene rings is 1. The minimum atomic E-state index is -0.862. The molecule has 0 saturated heterocycles. The third-order valence-electron chi connectivity index (χ3n) is 1.67. The maximum atomic E-state index is 9.24. The van der Waals surface area contributed by atoms with Gasteiger partial charge in [0.15, 0.2) is 5.05 Å². The van der Waals surface area contributed by atoms with E-state index in [9.17, 15) is 5.11 Å². The third kappa shape index (κ3) is 0.931. The minimum absolute atomic E-state index is 0.383. The summed E-state index contributed by atoms with van der Waals surface area (Å²) >= 11 is 4.87. The minimum Gasteiger partial charge on any atom is -0.450 e. The highest BCUT2D eigenvalue weighted by Gasteiger charge is 2.24. The quantitative estimate of drug-likeness (QED) is 0.590. The molecule has 2 nitrogen and oxygen atoms in total. The number of fused-ring (bicyclic) bond motifs is 1. The molecule has 11 heavy (non-hydrogen) atoms. The first-order valence-corrected chi connectivity index (χ1v) is 3.68. The van der Waals surface area contributed by atoms with Crippen molar-refractivity contribution in [2.45, 2.75) is 6.29 Å². The molecule has 0 radical (unpaired) electrons. The monoisotopic (exact) mass is 166 g/mol. The van der Waals surface area contributed by atoms with Gasteiger partial charge in [0.1, 0.15) is 0 Å². The normalized spacial score (nSPS) is 21.2. The van der Waals surface area contributed by atoms with Crippen LogP contribution < -0.4 is 0 Å². The fourth-order valence-electron chi connectivity index (χ4n) is 1.13. The molecule has 0 spiro atoms. The van der Waals surface area contributed by atoms with E-state index in [1.807, 2.05) is 18.2 Å². The Morgan fingerprint density at radius 3 is 2.82 bits per heavy atom. The molecule has 0 aromatic heterocycles. The Hall–Kier alpha value is -0.930. The molecule has 1 aromatic carbocycles. The van der Waals surface area contributed by atoms with E-state index < -0.39 is 6.29 Å². The van der Waals surface area contributed by atoms with Gasteiger partial charge in [-0.1, -0.05) is 18.2 Å². The largest absolute Gasteiger partial charge is 0.450 e. The molecule has 1 unspecified atom stereocenters. The zero-order valence-electron chi connectivity index (χ0n) is 5.65. The molecule has 1 atom stereocenters. The second-order valence-corrected chi connectivity index (χ2v) is 2.72. The number of hydrogen-bond donors (Lipinski definition) is 1. The van der Waals surface area contributed by atoms with Gasteiger partial charge in [-0.3, -0.25) is 0 Å². The van der Waals surface area contributed by atoms with Gasteiger partial charge in [-0.25, -0.2) is 0 Å². The molecule has 0 fully saturated rings. The van der Waals surface area contributed by atoms with Crippen molar-refractivity contribution in [3.05, 3.63) is 35.4 Å². The first-order valence-electron chi connectivity index (χ1n) is 3.27. The molecule has 0 amide bonds. The van der Waals surface area contributed by atoms with Crippen LogP contribution in [0.15, 0.2) is 24.3 Å². The summed E-state index contributed by atoms with van der Waals surface area (Å²) in [6, 6.07) is 7.36. The summed E-state index contributed by atoms with van der Waals surface area (Å²) in [6.07, 6.45) is -0.862. The zero-order chi connectivity index (χ0) is 7.84. The number of aliphatic hydroxyl groups is 1. The highest BCUT2D eigenvalue weighted by molar-refractivity contribution is 7.80. The van der Waals surface area contributed by atoms with Crippen molar-refractivity contribution < 1.29 is 9.84 Å². The fraction of sp³-hybridized carbons (Fsp3) is 0.125. The first kappa shape index (κ1) is 6.76. The Morgan fingerprint density at radius 1 is 1.36 bits per heavy atom. The van der Waals surface area contributed by atoms with E-state index in [2.05, 4.69) is 0 Å². The highest BCUT2D eigenvalue weighted by atomic mass is 32.1. The predicted molar refractivity (Wildman–Crippen MR) is 44.2 cm³/mol. The van der Waals surface area contributed by atoms with E-state index in [0.29, 0.717) is 5.05 Å². The van der Waals surface area contributed by atoms with E-state index in [-0.39, 0.29) is 0 Å². The molecule has 1 aliphatic heterocycles. The Bertz CT molecular complexity index is 309. The van der Waals surface area contributed by atoms with Gasteiger partial charge >= 0.3 is 0 Å². The summed E-state index contributed by atoms with van der Waals surface area (Å²) < 4.78 is 4.92. The van der Waals surface area contributed by atoms with Crippen LogP contribution in [0.4, 0.5) is 0 Å². The summed E-state index contributed by atoms with van der Waals surface area (Å²) in [5.41, 5.74) is 1.59. The maximum Gasteiger partial charge on any atom is 0.226 e. The van der Waals surface area contributed by atoms with Crippen LogP contribution in [0.3, 0.4) is 0 Å². The van der Waals surface area contributed by atoms with E-state index in [1.165, 1.54) is 0 Å². The second-order valence-electron chi connectivity index (χ2n) is 2.34. The number of aliphatic hydroxyl groups excluding tert-OH is 1. The van der Waals surface area contributed by atoms with Crippen LogP contribution >= 0.6 is 12.2 Å². The van der Waals surface area contributed by atoms with Crippen LogP contribution in [-0.4, -0.2) is 10.2 Å². The van der Waals surface area contributed by atoms with Gasteiger partial charge in [-0.2, -0.15) is 0 Å². The molecular formula is C8H6O2S. The summed E-state index contributed by atoms with van der Waals surface area (Å²) in [6.45, 7) is 0. The molecule has 0 bridgehead atoms. The van der Waals surface area contributed by atoms with Crippen LogP contribution in [0, 0.1) is 0 Å². The standard InChI is InChI=1S/C8H6O2S/c9-7-5-3-1-2-4-6(5)8(11)10-7/h1-4,7,9H. The predicted octanol–water partition coefficient (Wildman–Crippen LogP) is 1.38. The number of ether oxygens (including phenoxy) is 1. The summed E-state index contributed by atoms with van der Waals surface area (Å²) in [4.78, 5) is 0. The maximum absolute atomic E-state index is 9.24. The lowest BCUT2D eigenvalue weighted by Crippen LogP contribution is -1.94. The number of hydrogen-bond acceptors (Lipinski definition) is 3. The van der Waals surface area contributed by atoms with Gasteiger partial charge < -0.3 is 9.84 Å². The van der Waals surface area contributed by atoms with Gasteiger partial charge in [0, 0.05) is 11.1 Å². The topological polar surface area (TPSA) is 29.5 Å². The van der Waals surface area contributed by atoms with Crippen LogP contribution in [0.1, 0.15) is 17.4 Å². The lowest BCUT2D eigenvalue weighted by Gasteiger charge is -1.99. The van der Waals surface area contributed by atoms with Crippen molar-refractivity contribution in [1.29, 1.82) is 0 Å². The van der Waals surface area contributed by atoms with Crippen LogP contribution in [0.5, 0.6) is 0 Å². The fourth-order valence-corrected chi connectivity index (χ4v) is 1.40. The molecule has 1 heterocycles. The number of rotatable bonds is 0. The Morgan fingerprint density at radius 2 is 2.09 bits per heavy atom. The van der Waals surface area contributed by atoms with Crippen molar-refractivity contribution >= 4 is 17.3 Å². The molecule has 1 aliphatic rings. The summed E-state index contributed by atoms with van der Waals surface area (Å²) in [5, 5.41) is 9.62. The molecule has 1 N–H and O–H groups in total. The SMILES string of the molecule is OC1OC(=S)c2ccccc21. The Balaban J connectivity index is 2.60. The van der Waals surface area contributed by atoms with Crippen LogP contribution in [0.2, 0.25) is 0 Å². The van der Waals surface area contributed by atoms with Crippen molar-refractivity contribution in [2.75, 3.05) is 0 Å². The zero-order valence-corrected chi connectivity index (χ0v) is 6.47. The van der Waals surface area contributed by atoms with Gasteiger partial charge in [0.05, 0.1) is 0 Å². The van der Waals surface area contributed by atoms with Gasteiger partial charge in [0.25, 0.3) is 0 Å². The molecule has 3 heteroatoms. The van der Waals surface area contributed by atoms with Crippen molar-refractivity contribution in [3.8, 4) is 0 Å². The van der Waals surface area contributed by atoms with E-state index in [4.69, 9.17) is 17.0 Å². The molecule has 2 rings (SSSR count). The van der Waals surface area contributed by atoms with Crippen LogP contribution in [-0.2, 0) is 4.74 Å². The van der Waals surface area contributed by atoms with Crippen molar-refractivity contribution in [1.82, 2.24) is 0 Å². The number of thiocarbonyl (C=S) groups is 1. The van der Waals surface area contributed by atoms with Crippen molar-refractivity contribution in [2.24, 2.45) is 0 Å². The lowest BCUT2D eigenvalue weighted by molar-refractivity contribution is -0.0168.